The maximum absolute atomic E-state index is 14.8. The van der Waals surface area contributed by atoms with Gasteiger partial charge in [0.2, 0.25) is 23.5 Å². The van der Waals surface area contributed by atoms with E-state index in [0.717, 1.165) is 55.3 Å². The van der Waals surface area contributed by atoms with E-state index >= 15 is 0 Å². The molecule has 0 aromatic carbocycles. The summed E-state index contributed by atoms with van der Waals surface area (Å²) in [5.41, 5.74) is 1.67. The number of aryl methyl sites for hydroxylation is 2. The SMILES string of the molecule is CCC[C@H](NC(=O)[C@@H]1C[C@@H](Oc2nc(-c3cc(C)nn3C)nc3ccsc23)CN1C(=O)[C@@H](NC(=O)NC(C)(C)C)C1CCCCC1)C(=O)C(=O)NC1CC1. The van der Waals surface area contributed by atoms with Gasteiger partial charge in [0.05, 0.1) is 23.8 Å². The van der Waals surface area contributed by atoms with Crippen LogP contribution in [0.25, 0.3) is 21.7 Å². The lowest BCUT2D eigenvalue weighted by atomic mass is 9.83. The molecular weight excluding hydrogens is 711 g/mol. The number of rotatable bonds is 13. The van der Waals surface area contributed by atoms with Crippen LogP contribution >= 0.6 is 11.3 Å². The number of carbonyl (C=O) groups is 5. The fraction of sp³-hybridized carbons (Fsp3) is 0.632. The van der Waals surface area contributed by atoms with Crippen LogP contribution < -0.4 is 26.0 Å². The van der Waals surface area contributed by atoms with Crippen molar-refractivity contribution in [2.45, 2.75) is 135 Å². The predicted octanol–water partition coefficient (Wildman–Crippen LogP) is 3.93. The molecule has 0 unspecified atom stereocenters. The third-order valence-electron chi connectivity index (χ3n) is 10.1. The van der Waals surface area contributed by atoms with Gasteiger partial charge in [-0.05, 0) is 83.2 Å². The Morgan fingerprint density at radius 3 is 2.43 bits per heavy atom. The van der Waals surface area contributed by atoms with Crippen molar-refractivity contribution >= 4 is 51.1 Å². The minimum Gasteiger partial charge on any atom is -0.471 e. The van der Waals surface area contributed by atoms with Crippen LogP contribution in [-0.4, -0.2) is 96.5 Å². The van der Waals surface area contributed by atoms with Crippen LogP contribution in [0.15, 0.2) is 17.5 Å². The zero-order valence-electron chi connectivity index (χ0n) is 32.1. The molecule has 3 aliphatic rings. The zero-order chi connectivity index (χ0) is 38.7. The normalized spacial score (nSPS) is 20.3. The fourth-order valence-corrected chi connectivity index (χ4v) is 8.16. The summed E-state index contributed by atoms with van der Waals surface area (Å²) < 4.78 is 9.03. The Morgan fingerprint density at radius 2 is 1.78 bits per heavy atom. The number of fused-ring (bicyclic) bond motifs is 1. The van der Waals surface area contributed by atoms with Gasteiger partial charge in [0.25, 0.3) is 5.91 Å². The van der Waals surface area contributed by atoms with Gasteiger partial charge in [-0.15, -0.1) is 11.3 Å². The van der Waals surface area contributed by atoms with Crippen molar-refractivity contribution < 1.29 is 28.7 Å². The molecule has 5 amide bonds. The maximum atomic E-state index is 14.8. The number of carbonyl (C=O) groups excluding carboxylic acids is 5. The Morgan fingerprint density at radius 1 is 1.04 bits per heavy atom. The van der Waals surface area contributed by atoms with Crippen LogP contribution in [0.4, 0.5) is 4.79 Å². The zero-order valence-corrected chi connectivity index (χ0v) is 32.9. The molecule has 1 aliphatic heterocycles. The van der Waals surface area contributed by atoms with E-state index in [4.69, 9.17) is 14.7 Å². The van der Waals surface area contributed by atoms with E-state index in [1.165, 1.54) is 16.2 Å². The number of hydrogen-bond acceptors (Lipinski definition) is 10. The molecule has 15 nitrogen and oxygen atoms in total. The highest BCUT2D eigenvalue weighted by Crippen LogP contribution is 2.35. The van der Waals surface area contributed by atoms with E-state index in [-0.39, 0.29) is 31.3 Å². The second kappa shape index (κ2) is 16.4. The summed E-state index contributed by atoms with van der Waals surface area (Å²) in [4.78, 5) is 79.4. The van der Waals surface area contributed by atoms with Crippen molar-refractivity contribution in [2.24, 2.45) is 13.0 Å². The minimum atomic E-state index is -1.06. The van der Waals surface area contributed by atoms with Crippen molar-refractivity contribution in [2.75, 3.05) is 6.54 Å². The number of thiophene rings is 1. The van der Waals surface area contributed by atoms with Crippen molar-refractivity contribution in [1.82, 2.24) is 45.9 Å². The van der Waals surface area contributed by atoms with Gasteiger partial charge in [0, 0.05) is 25.0 Å². The molecule has 2 aliphatic carbocycles. The van der Waals surface area contributed by atoms with E-state index in [2.05, 4.69) is 26.4 Å². The first-order chi connectivity index (χ1) is 25.7. The average Bonchev–Trinajstić information content (AvgIpc) is 3.46. The molecule has 3 aromatic heterocycles. The van der Waals surface area contributed by atoms with Gasteiger partial charge in [0.1, 0.15) is 28.6 Å². The number of amides is 5. The van der Waals surface area contributed by atoms with Crippen LogP contribution in [0.2, 0.25) is 0 Å². The Balaban J connectivity index is 1.31. The molecule has 6 rings (SSSR count). The molecule has 292 valence electrons. The smallest absolute Gasteiger partial charge is 0.315 e. The molecule has 0 bridgehead atoms. The van der Waals surface area contributed by atoms with E-state index in [1.807, 2.05) is 59.2 Å². The van der Waals surface area contributed by atoms with Crippen molar-refractivity contribution in [1.29, 1.82) is 0 Å². The average molecular weight is 764 g/mol. The quantitative estimate of drug-likeness (QED) is 0.187. The van der Waals surface area contributed by atoms with Gasteiger partial charge < -0.3 is 30.9 Å². The highest BCUT2D eigenvalue weighted by Gasteiger charge is 2.46. The first-order valence-corrected chi connectivity index (χ1v) is 20.1. The number of Topliss-reactive ketones (excluding diaryl/α,β-unsaturated/α-hetero) is 1. The Labute approximate surface area is 319 Å². The lowest BCUT2D eigenvalue weighted by Gasteiger charge is -2.35. The van der Waals surface area contributed by atoms with Crippen molar-refractivity contribution in [3.05, 3.63) is 23.2 Å². The largest absolute Gasteiger partial charge is 0.471 e. The van der Waals surface area contributed by atoms with E-state index < -0.39 is 59.3 Å². The van der Waals surface area contributed by atoms with Crippen LogP contribution in [0.1, 0.15) is 97.6 Å². The molecule has 4 atom stereocenters. The lowest BCUT2D eigenvalue weighted by Crippen LogP contribution is -2.60. The summed E-state index contributed by atoms with van der Waals surface area (Å²) in [6, 6.07) is 0.311. The standard InChI is InChI=1S/C38H53N9O6S/c1-7-11-25(30(48)34(50)39-23-14-15-23)41-33(49)28-19-24(53-35-31-26(16-17-54-31)40-32(43-35)27-18-21(2)45-46(27)6)20-47(28)36(51)29(22-12-9-8-10-13-22)42-37(52)44-38(3,4)5/h16-18,22-25,28-29H,7-15,19-20H2,1-6H3,(H,39,50)(H,41,49)(H2,42,44,52)/t24-,25+,28+,29+/m1/s1. The van der Waals surface area contributed by atoms with E-state index in [0.29, 0.717) is 29.3 Å². The first kappa shape index (κ1) is 39.1. The number of ether oxygens (including phenoxy) is 1. The number of nitrogens with zero attached hydrogens (tertiary/aromatic N) is 5. The minimum absolute atomic E-state index is 0.0148. The Hall–Kier alpha value is -4.60. The molecule has 16 heteroatoms. The molecule has 1 saturated heterocycles. The Bertz CT molecular complexity index is 1880. The van der Waals surface area contributed by atoms with Crippen LogP contribution in [0, 0.1) is 12.8 Å². The summed E-state index contributed by atoms with van der Waals surface area (Å²) in [7, 11) is 1.82. The van der Waals surface area contributed by atoms with Gasteiger partial charge in [-0.3, -0.25) is 23.9 Å². The van der Waals surface area contributed by atoms with Gasteiger partial charge >= 0.3 is 6.03 Å². The lowest BCUT2D eigenvalue weighted by molar-refractivity contribution is -0.143. The number of hydrogen-bond donors (Lipinski definition) is 4. The highest BCUT2D eigenvalue weighted by atomic mass is 32.1. The van der Waals surface area contributed by atoms with Crippen molar-refractivity contribution in [3.63, 3.8) is 0 Å². The molecule has 54 heavy (non-hydrogen) atoms. The topological polar surface area (TPSA) is 190 Å². The monoisotopic (exact) mass is 763 g/mol. The number of urea groups is 1. The number of aromatic nitrogens is 4. The fourth-order valence-electron chi connectivity index (χ4n) is 7.40. The van der Waals surface area contributed by atoms with E-state index in [9.17, 15) is 24.0 Å². The maximum Gasteiger partial charge on any atom is 0.315 e. The Kier molecular flexibility index (Phi) is 11.9. The first-order valence-electron chi connectivity index (χ1n) is 19.2. The molecular formula is C38H53N9O6S. The second-order valence-corrected chi connectivity index (χ2v) is 16.9. The summed E-state index contributed by atoms with van der Waals surface area (Å²) in [6.07, 6.45) is 6.31. The van der Waals surface area contributed by atoms with Gasteiger partial charge in [-0.25, -0.2) is 9.78 Å². The molecule has 0 spiro atoms. The molecule has 2 saturated carbocycles. The molecule has 4 N–H and O–H groups in total. The summed E-state index contributed by atoms with van der Waals surface area (Å²) in [5.74, 6) is -1.75. The van der Waals surface area contributed by atoms with Gasteiger partial charge in [-0.1, -0.05) is 32.6 Å². The summed E-state index contributed by atoms with van der Waals surface area (Å²) >= 11 is 1.43. The van der Waals surface area contributed by atoms with Crippen molar-refractivity contribution in [3.8, 4) is 17.4 Å². The summed E-state index contributed by atoms with van der Waals surface area (Å²) in [6.45, 7) is 9.39. The predicted molar refractivity (Wildman–Crippen MR) is 204 cm³/mol. The second-order valence-electron chi connectivity index (χ2n) is 15.9. The molecule has 4 heterocycles. The number of likely N-dealkylation sites (tertiary alicyclic amines) is 1. The van der Waals surface area contributed by atoms with E-state index in [1.54, 1.807) is 4.68 Å². The van der Waals surface area contributed by atoms with Gasteiger partial charge in [-0.2, -0.15) is 10.1 Å². The molecule has 0 radical (unpaired) electrons. The van der Waals surface area contributed by atoms with Crippen LogP contribution in [0.3, 0.4) is 0 Å². The van der Waals surface area contributed by atoms with Gasteiger partial charge in [0.15, 0.2) is 5.82 Å². The number of nitrogens with one attached hydrogen (secondary N) is 4. The molecule has 3 aromatic rings. The number of ketones is 1. The van der Waals surface area contributed by atoms with Crippen LogP contribution in [0.5, 0.6) is 5.88 Å². The van der Waals surface area contributed by atoms with Crippen LogP contribution in [-0.2, 0) is 26.2 Å². The highest BCUT2D eigenvalue weighted by molar-refractivity contribution is 7.17. The molecule has 3 fully saturated rings. The summed E-state index contributed by atoms with van der Waals surface area (Å²) in [5, 5.41) is 17.8. The third kappa shape index (κ3) is 9.36. The third-order valence-corrected chi connectivity index (χ3v) is 11.0.